The summed E-state index contributed by atoms with van der Waals surface area (Å²) >= 11 is 5.87. The van der Waals surface area contributed by atoms with E-state index in [1.54, 1.807) is 36.4 Å². The Bertz CT molecular complexity index is 1130. The van der Waals surface area contributed by atoms with E-state index in [1.807, 2.05) is 4.72 Å². The SMILES string of the molecule is CS(=O)(=O)NC(=O)c1ccc(Oc2ccc(Cl)cc2)c(-c2ccccc2F)c1. The Morgan fingerprint density at radius 3 is 2.32 bits per heavy atom. The summed E-state index contributed by atoms with van der Waals surface area (Å²) in [5.41, 5.74) is 0.557. The van der Waals surface area contributed by atoms with Gasteiger partial charge in [-0.1, -0.05) is 29.8 Å². The molecule has 0 saturated carbocycles. The first kappa shape index (κ1) is 19.9. The second-order valence-corrected chi connectivity index (χ2v) is 8.14. The molecule has 0 fully saturated rings. The third kappa shape index (κ3) is 4.88. The molecule has 1 N–H and O–H groups in total. The molecule has 0 radical (unpaired) electrons. The molecule has 0 heterocycles. The molecule has 0 spiro atoms. The molecule has 0 bridgehead atoms. The molecule has 3 rings (SSSR count). The van der Waals surface area contributed by atoms with Gasteiger partial charge >= 0.3 is 0 Å². The van der Waals surface area contributed by atoms with Crippen molar-refractivity contribution in [3.05, 3.63) is 83.1 Å². The minimum Gasteiger partial charge on any atom is -0.457 e. The molecule has 1 amide bonds. The summed E-state index contributed by atoms with van der Waals surface area (Å²) in [5, 5.41) is 0.537. The third-order valence-corrected chi connectivity index (χ3v) is 4.53. The second-order valence-electron chi connectivity index (χ2n) is 5.95. The van der Waals surface area contributed by atoms with Crippen LogP contribution in [-0.4, -0.2) is 20.6 Å². The molecule has 5 nitrogen and oxygen atoms in total. The molecule has 0 aliphatic carbocycles. The summed E-state index contributed by atoms with van der Waals surface area (Å²) in [5.74, 6) is -0.569. The fourth-order valence-electron chi connectivity index (χ4n) is 2.51. The van der Waals surface area contributed by atoms with Crippen LogP contribution in [-0.2, 0) is 10.0 Å². The monoisotopic (exact) mass is 419 g/mol. The largest absolute Gasteiger partial charge is 0.457 e. The van der Waals surface area contributed by atoms with E-state index >= 15 is 0 Å². The van der Waals surface area contributed by atoms with Crippen molar-refractivity contribution in [3.63, 3.8) is 0 Å². The fraction of sp³-hybridized carbons (Fsp3) is 0.0500. The molecule has 3 aromatic carbocycles. The van der Waals surface area contributed by atoms with E-state index in [2.05, 4.69) is 0 Å². The van der Waals surface area contributed by atoms with Gasteiger partial charge < -0.3 is 4.74 Å². The van der Waals surface area contributed by atoms with Crippen LogP contribution < -0.4 is 9.46 Å². The first-order valence-corrected chi connectivity index (χ1v) is 10.3. The average molecular weight is 420 g/mol. The first-order valence-electron chi connectivity index (χ1n) is 8.07. The van der Waals surface area contributed by atoms with Crippen LogP contribution in [0.1, 0.15) is 10.4 Å². The van der Waals surface area contributed by atoms with Crippen LogP contribution in [0, 0.1) is 5.82 Å². The van der Waals surface area contributed by atoms with E-state index in [4.69, 9.17) is 16.3 Å². The highest BCUT2D eigenvalue weighted by atomic mass is 35.5. The standard InChI is InChI=1S/C20H15ClFNO4S/c1-28(25,26)23-20(24)13-6-11-19(27-15-9-7-14(21)8-10-15)17(12-13)16-4-2-3-5-18(16)22/h2-12H,1H3,(H,23,24). The van der Waals surface area contributed by atoms with E-state index in [0.29, 0.717) is 22.1 Å². The molecule has 0 saturated heterocycles. The Labute approximate surface area is 166 Å². The second kappa shape index (κ2) is 8.00. The van der Waals surface area contributed by atoms with Gasteiger partial charge in [0.15, 0.2) is 0 Å². The smallest absolute Gasteiger partial charge is 0.264 e. The van der Waals surface area contributed by atoms with Gasteiger partial charge in [0.1, 0.15) is 17.3 Å². The van der Waals surface area contributed by atoms with Gasteiger partial charge in [-0.15, -0.1) is 0 Å². The lowest BCUT2D eigenvalue weighted by Crippen LogP contribution is -2.29. The van der Waals surface area contributed by atoms with Crippen molar-refractivity contribution in [1.29, 1.82) is 0 Å². The quantitative estimate of drug-likeness (QED) is 0.654. The van der Waals surface area contributed by atoms with Crippen LogP contribution in [0.3, 0.4) is 0 Å². The number of ether oxygens (including phenoxy) is 1. The summed E-state index contributed by atoms with van der Waals surface area (Å²) < 4.78 is 44.8. The Morgan fingerprint density at radius 1 is 1.00 bits per heavy atom. The zero-order valence-corrected chi connectivity index (χ0v) is 16.2. The van der Waals surface area contributed by atoms with Crippen LogP contribution in [0.15, 0.2) is 66.7 Å². The number of hydrogen-bond acceptors (Lipinski definition) is 4. The Morgan fingerprint density at radius 2 is 1.68 bits per heavy atom. The van der Waals surface area contributed by atoms with Crippen molar-refractivity contribution in [2.75, 3.05) is 6.26 Å². The van der Waals surface area contributed by atoms with Crippen molar-refractivity contribution < 1.29 is 22.3 Å². The molecule has 144 valence electrons. The lowest BCUT2D eigenvalue weighted by Gasteiger charge is -2.14. The number of nitrogens with one attached hydrogen (secondary N) is 1. The number of carbonyl (C=O) groups excluding carboxylic acids is 1. The number of benzene rings is 3. The van der Waals surface area contributed by atoms with Crippen LogP contribution in [0.25, 0.3) is 11.1 Å². The summed E-state index contributed by atoms with van der Waals surface area (Å²) in [7, 11) is -3.74. The topological polar surface area (TPSA) is 72.5 Å². The maximum Gasteiger partial charge on any atom is 0.264 e. The van der Waals surface area contributed by atoms with Gasteiger partial charge in [-0.2, -0.15) is 0 Å². The number of sulfonamides is 1. The Kier molecular flexibility index (Phi) is 5.67. The van der Waals surface area contributed by atoms with Crippen molar-refractivity contribution in [2.24, 2.45) is 0 Å². The molecule has 8 heteroatoms. The number of carbonyl (C=O) groups is 1. The van der Waals surface area contributed by atoms with Crippen molar-refractivity contribution in [3.8, 4) is 22.6 Å². The zero-order chi connectivity index (χ0) is 20.3. The minimum atomic E-state index is -3.74. The van der Waals surface area contributed by atoms with Crippen LogP contribution in [0.4, 0.5) is 4.39 Å². The van der Waals surface area contributed by atoms with Crippen molar-refractivity contribution in [1.82, 2.24) is 4.72 Å². The van der Waals surface area contributed by atoms with Crippen LogP contribution in [0.2, 0.25) is 5.02 Å². The predicted molar refractivity (Wildman–Crippen MR) is 106 cm³/mol. The van der Waals surface area contributed by atoms with Gasteiger partial charge in [0, 0.05) is 21.7 Å². The molecule has 0 atom stereocenters. The maximum atomic E-state index is 14.4. The summed E-state index contributed by atoms with van der Waals surface area (Å²) in [6, 6.07) is 16.9. The molecule has 0 unspecified atom stereocenters. The number of halogens is 2. The summed E-state index contributed by atoms with van der Waals surface area (Å²) in [6.45, 7) is 0. The average Bonchev–Trinajstić information content (AvgIpc) is 2.63. The van der Waals surface area contributed by atoms with Gasteiger partial charge in [0.25, 0.3) is 5.91 Å². The Balaban J connectivity index is 2.07. The maximum absolute atomic E-state index is 14.4. The molecule has 28 heavy (non-hydrogen) atoms. The Hall–Kier alpha value is -2.90. The molecule has 0 aliphatic heterocycles. The molecule has 0 aliphatic rings. The predicted octanol–water partition coefficient (Wildman–Crippen LogP) is 4.63. The summed E-state index contributed by atoms with van der Waals surface area (Å²) in [4.78, 5) is 12.2. The van der Waals surface area contributed by atoms with Crippen LogP contribution >= 0.6 is 11.6 Å². The highest BCUT2D eigenvalue weighted by molar-refractivity contribution is 7.89. The van der Waals surface area contributed by atoms with Gasteiger partial charge in [0.2, 0.25) is 10.0 Å². The van der Waals surface area contributed by atoms with Crippen molar-refractivity contribution >= 4 is 27.5 Å². The number of amides is 1. The zero-order valence-electron chi connectivity index (χ0n) is 14.6. The summed E-state index contributed by atoms with van der Waals surface area (Å²) in [6.07, 6.45) is 0.876. The molecule has 0 aromatic heterocycles. The molecular formula is C20H15ClFNO4S. The van der Waals surface area contributed by atoms with Gasteiger partial charge in [0.05, 0.1) is 6.26 Å². The number of rotatable bonds is 5. The van der Waals surface area contributed by atoms with E-state index in [9.17, 15) is 17.6 Å². The first-order chi connectivity index (χ1) is 13.2. The van der Waals surface area contributed by atoms with Crippen molar-refractivity contribution in [2.45, 2.75) is 0 Å². The fourth-order valence-corrected chi connectivity index (χ4v) is 3.09. The van der Waals surface area contributed by atoms with E-state index in [0.717, 1.165) is 6.26 Å². The molecular weight excluding hydrogens is 405 g/mol. The lowest BCUT2D eigenvalue weighted by atomic mass is 10.0. The lowest BCUT2D eigenvalue weighted by molar-refractivity contribution is 0.0981. The van der Waals surface area contributed by atoms with E-state index < -0.39 is 21.7 Å². The normalized spacial score (nSPS) is 11.1. The van der Waals surface area contributed by atoms with Gasteiger partial charge in [-0.05, 0) is 48.5 Å². The van der Waals surface area contributed by atoms with Gasteiger partial charge in [-0.3, -0.25) is 4.79 Å². The highest BCUT2D eigenvalue weighted by Crippen LogP contribution is 2.36. The highest BCUT2D eigenvalue weighted by Gasteiger charge is 2.17. The molecule has 3 aromatic rings. The number of hydrogen-bond donors (Lipinski definition) is 1. The third-order valence-electron chi connectivity index (χ3n) is 3.73. The minimum absolute atomic E-state index is 0.0483. The van der Waals surface area contributed by atoms with E-state index in [-0.39, 0.29) is 11.1 Å². The van der Waals surface area contributed by atoms with E-state index in [1.165, 1.54) is 30.3 Å². The van der Waals surface area contributed by atoms with Gasteiger partial charge in [-0.25, -0.2) is 17.5 Å². The van der Waals surface area contributed by atoms with Crippen LogP contribution in [0.5, 0.6) is 11.5 Å².